The number of ether oxygens (including phenoxy) is 2. The molecule has 2 nitrogen and oxygen atoms in total. The molecule has 1 aromatic carbocycles. The van der Waals surface area contributed by atoms with Crippen LogP contribution in [0.15, 0.2) is 16.6 Å². The molecule has 2 atom stereocenters. The number of hydrogen-bond donors (Lipinski definition) is 0. The summed E-state index contributed by atoms with van der Waals surface area (Å²) < 4.78 is 11.6. The van der Waals surface area contributed by atoms with Gasteiger partial charge in [-0.15, -0.1) is 11.6 Å². The van der Waals surface area contributed by atoms with Crippen molar-refractivity contribution in [3.63, 3.8) is 0 Å². The van der Waals surface area contributed by atoms with Crippen LogP contribution in [0.25, 0.3) is 0 Å². The second-order valence-corrected chi connectivity index (χ2v) is 8.18. The summed E-state index contributed by atoms with van der Waals surface area (Å²) in [5, 5.41) is -0.0449. The van der Waals surface area contributed by atoms with Crippen LogP contribution in [0, 0.1) is 11.3 Å². The Hall–Kier alpha value is -0.410. The summed E-state index contributed by atoms with van der Waals surface area (Å²) in [5.74, 6) is 1.98. The fourth-order valence-electron chi connectivity index (χ4n) is 2.72. The molecule has 0 aliphatic rings. The highest BCUT2D eigenvalue weighted by molar-refractivity contribution is 9.10. The lowest BCUT2D eigenvalue weighted by molar-refractivity contribution is 0.295. The quantitative estimate of drug-likeness (QED) is 0.549. The standard InChI is InChI=1S/C17H26BrClO2/c1-11(10-17(2,3)4)7-14(19)12-8-15(20-5)16(21-6)9-13(12)18/h8-9,11,14H,7,10H2,1-6H3. The molecule has 0 radical (unpaired) electrons. The molecule has 1 aromatic rings. The van der Waals surface area contributed by atoms with Crippen LogP contribution in [0.3, 0.4) is 0 Å². The number of rotatable bonds is 6. The monoisotopic (exact) mass is 376 g/mol. The molecule has 0 fully saturated rings. The number of halogens is 2. The van der Waals surface area contributed by atoms with Crippen molar-refractivity contribution in [2.45, 2.75) is 45.9 Å². The minimum Gasteiger partial charge on any atom is -0.493 e. The fraction of sp³-hybridized carbons (Fsp3) is 0.647. The van der Waals surface area contributed by atoms with Crippen LogP contribution in [-0.4, -0.2) is 14.2 Å². The van der Waals surface area contributed by atoms with E-state index in [0.717, 1.165) is 22.9 Å². The van der Waals surface area contributed by atoms with Crippen molar-refractivity contribution in [1.82, 2.24) is 0 Å². The zero-order valence-electron chi connectivity index (χ0n) is 13.8. The second-order valence-electron chi connectivity index (χ2n) is 6.80. The Bertz CT molecular complexity index is 469. The van der Waals surface area contributed by atoms with Gasteiger partial charge >= 0.3 is 0 Å². The molecule has 0 amide bonds. The zero-order chi connectivity index (χ0) is 16.2. The minimum absolute atomic E-state index is 0.0449. The largest absolute Gasteiger partial charge is 0.493 e. The summed E-state index contributed by atoms with van der Waals surface area (Å²) in [6, 6.07) is 3.88. The maximum Gasteiger partial charge on any atom is 0.161 e. The summed E-state index contributed by atoms with van der Waals surface area (Å²) >= 11 is 10.2. The van der Waals surface area contributed by atoms with Gasteiger partial charge in [0, 0.05) is 4.47 Å². The summed E-state index contributed by atoms with van der Waals surface area (Å²) in [7, 11) is 3.27. The van der Waals surface area contributed by atoms with Gasteiger partial charge in [-0.3, -0.25) is 0 Å². The highest BCUT2D eigenvalue weighted by atomic mass is 79.9. The molecule has 0 heterocycles. The van der Waals surface area contributed by atoms with Crippen molar-refractivity contribution in [1.29, 1.82) is 0 Å². The highest BCUT2D eigenvalue weighted by Crippen LogP contribution is 2.41. The molecule has 4 heteroatoms. The van der Waals surface area contributed by atoms with Gasteiger partial charge in [0.25, 0.3) is 0 Å². The normalized spacial score (nSPS) is 14.7. The van der Waals surface area contributed by atoms with Crippen LogP contribution in [0.4, 0.5) is 0 Å². The smallest absolute Gasteiger partial charge is 0.161 e. The molecule has 1 rings (SSSR count). The first-order valence-corrected chi connectivity index (χ1v) is 8.46. The van der Waals surface area contributed by atoms with Crippen LogP contribution in [-0.2, 0) is 0 Å². The summed E-state index contributed by atoms with van der Waals surface area (Å²) in [4.78, 5) is 0. The van der Waals surface area contributed by atoms with E-state index in [-0.39, 0.29) is 5.38 Å². The van der Waals surface area contributed by atoms with Crippen molar-refractivity contribution in [3.05, 3.63) is 22.2 Å². The Morgan fingerprint density at radius 2 is 1.67 bits per heavy atom. The van der Waals surface area contributed by atoms with E-state index in [9.17, 15) is 0 Å². The summed E-state index contributed by atoms with van der Waals surface area (Å²) in [5.41, 5.74) is 1.38. The van der Waals surface area contributed by atoms with E-state index in [2.05, 4.69) is 43.6 Å². The van der Waals surface area contributed by atoms with E-state index in [4.69, 9.17) is 21.1 Å². The molecule has 0 saturated carbocycles. The molecular formula is C17H26BrClO2. The molecule has 0 aromatic heterocycles. The minimum atomic E-state index is -0.0449. The van der Waals surface area contributed by atoms with Gasteiger partial charge in [0.1, 0.15) is 0 Å². The summed E-state index contributed by atoms with van der Waals surface area (Å²) in [6.07, 6.45) is 2.09. The van der Waals surface area contributed by atoms with Crippen molar-refractivity contribution < 1.29 is 9.47 Å². The molecule has 2 unspecified atom stereocenters. The number of methoxy groups -OCH3 is 2. The summed E-state index contributed by atoms with van der Waals surface area (Å²) in [6.45, 7) is 9.05. The molecule has 0 spiro atoms. The van der Waals surface area contributed by atoms with E-state index in [1.165, 1.54) is 0 Å². The molecule has 0 N–H and O–H groups in total. The fourth-order valence-corrected chi connectivity index (χ4v) is 3.93. The average Bonchev–Trinajstić information content (AvgIpc) is 2.35. The number of alkyl halides is 1. The third kappa shape index (κ3) is 5.71. The Balaban J connectivity index is 2.89. The zero-order valence-corrected chi connectivity index (χ0v) is 16.1. The van der Waals surface area contributed by atoms with Crippen LogP contribution < -0.4 is 9.47 Å². The predicted molar refractivity (Wildman–Crippen MR) is 93.7 cm³/mol. The first-order valence-electron chi connectivity index (χ1n) is 7.23. The van der Waals surface area contributed by atoms with Crippen molar-refractivity contribution in [2.24, 2.45) is 11.3 Å². The van der Waals surface area contributed by atoms with Gasteiger partial charge in [-0.1, -0.05) is 43.6 Å². The van der Waals surface area contributed by atoms with Crippen LogP contribution >= 0.6 is 27.5 Å². The van der Waals surface area contributed by atoms with Gasteiger partial charge in [-0.25, -0.2) is 0 Å². The predicted octanol–water partition coefficient (Wildman–Crippen LogP) is 6.21. The third-order valence-corrected chi connectivity index (χ3v) is 4.51. The average molecular weight is 378 g/mol. The topological polar surface area (TPSA) is 18.5 Å². The van der Waals surface area contributed by atoms with Gasteiger partial charge in [0.05, 0.1) is 19.6 Å². The molecule has 0 bridgehead atoms. The van der Waals surface area contributed by atoms with Gasteiger partial charge in [0.15, 0.2) is 11.5 Å². The Morgan fingerprint density at radius 3 is 2.14 bits per heavy atom. The SMILES string of the molecule is COc1cc(Br)c(C(Cl)CC(C)CC(C)(C)C)cc1OC. The van der Waals surface area contributed by atoms with Crippen LogP contribution in [0.5, 0.6) is 11.5 Å². The number of benzene rings is 1. The highest BCUT2D eigenvalue weighted by Gasteiger charge is 2.21. The maximum absolute atomic E-state index is 6.63. The van der Waals surface area contributed by atoms with Gasteiger partial charge < -0.3 is 9.47 Å². The van der Waals surface area contributed by atoms with Crippen molar-refractivity contribution in [3.8, 4) is 11.5 Å². The van der Waals surface area contributed by atoms with E-state index < -0.39 is 0 Å². The Morgan fingerprint density at radius 1 is 1.14 bits per heavy atom. The lowest BCUT2D eigenvalue weighted by Crippen LogP contribution is -2.12. The molecule has 0 aliphatic carbocycles. The second kappa shape index (κ2) is 7.73. The molecule has 0 saturated heterocycles. The first-order chi connectivity index (χ1) is 9.67. The Labute approximate surface area is 142 Å². The molecule has 120 valence electrons. The van der Waals surface area contributed by atoms with Crippen molar-refractivity contribution in [2.75, 3.05) is 14.2 Å². The van der Waals surface area contributed by atoms with E-state index in [1.807, 2.05) is 12.1 Å². The van der Waals surface area contributed by atoms with Gasteiger partial charge in [-0.05, 0) is 41.9 Å². The van der Waals surface area contributed by atoms with Crippen molar-refractivity contribution >= 4 is 27.5 Å². The van der Waals surface area contributed by atoms with E-state index in [1.54, 1.807) is 14.2 Å². The van der Waals surface area contributed by atoms with E-state index in [0.29, 0.717) is 22.8 Å². The Kier molecular flexibility index (Phi) is 6.86. The van der Waals surface area contributed by atoms with Gasteiger partial charge in [0.2, 0.25) is 0 Å². The molecule has 21 heavy (non-hydrogen) atoms. The molecular weight excluding hydrogens is 352 g/mol. The lowest BCUT2D eigenvalue weighted by Gasteiger charge is -2.25. The maximum atomic E-state index is 6.63. The lowest BCUT2D eigenvalue weighted by atomic mass is 9.83. The van der Waals surface area contributed by atoms with E-state index >= 15 is 0 Å². The molecule has 0 aliphatic heterocycles. The van der Waals surface area contributed by atoms with Crippen LogP contribution in [0.1, 0.15) is 51.5 Å². The first kappa shape index (κ1) is 18.6. The third-order valence-electron chi connectivity index (χ3n) is 3.41. The van der Waals surface area contributed by atoms with Crippen LogP contribution in [0.2, 0.25) is 0 Å². The van der Waals surface area contributed by atoms with Gasteiger partial charge in [-0.2, -0.15) is 0 Å². The number of hydrogen-bond acceptors (Lipinski definition) is 2.